The van der Waals surface area contributed by atoms with Crippen LogP contribution in [0.4, 0.5) is 9.18 Å². The summed E-state index contributed by atoms with van der Waals surface area (Å²) < 4.78 is 20.9. The van der Waals surface area contributed by atoms with Gasteiger partial charge in [-0.15, -0.1) is 0 Å². The molecule has 0 radical (unpaired) electrons. The number of carbonyl (C=O) groups is 1. The molecule has 2 fully saturated rings. The van der Waals surface area contributed by atoms with Gasteiger partial charge in [-0.2, -0.15) is 0 Å². The first-order valence-corrected chi connectivity index (χ1v) is 8.60. The molecule has 2 rings (SSSR count). The van der Waals surface area contributed by atoms with E-state index in [0.717, 1.165) is 12.8 Å². The highest BCUT2D eigenvalue weighted by atomic mass is 19.1. The first-order chi connectivity index (χ1) is 11.2. The number of nitrogens with zero attached hydrogens (tertiary/aromatic N) is 1. The Labute approximate surface area is 144 Å². The largest absolute Gasteiger partial charge is 0.444 e. The van der Waals surface area contributed by atoms with Crippen LogP contribution in [0.3, 0.4) is 0 Å². The Morgan fingerprint density at radius 1 is 1.38 bits per heavy atom. The van der Waals surface area contributed by atoms with Gasteiger partial charge >= 0.3 is 6.09 Å². The fraction of sp³-hybridized carbons (Fsp3) is 0.632. The lowest BCUT2D eigenvalue weighted by Gasteiger charge is -2.38. The third-order valence-electron chi connectivity index (χ3n) is 4.71. The molecular formula is C19H29FN2O2. The second-order valence-electron chi connectivity index (χ2n) is 7.76. The van der Waals surface area contributed by atoms with Crippen molar-refractivity contribution in [2.75, 3.05) is 6.54 Å². The Kier molecular flexibility index (Phi) is 5.41. The number of alkyl halides is 1. The molecule has 1 aliphatic carbocycles. The van der Waals surface area contributed by atoms with Crippen LogP contribution in [0.5, 0.6) is 0 Å². The Morgan fingerprint density at radius 2 is 2.08 bits per heavy atom. The smallest absolute Gasteiger partial charge is 0.410 e. The molecule has 4 nitrogen and oxygen atoms in total. The zero-order valence-corrected chi connectivity index (χ0v) is 14.9. The van der Waals surface area contributed by atoms with Gasteiger partial charge < -0.3 is 15.4 Å². The lowest BCUT2D eigenvalue weighted by molar-refractivity contribution is 0.00385. The number of amides is 1. The molecule has 3 unspecified atom stereocenters. The first-order valence-electron chi connectivity index (χ1n) is 8.60. The topological polar surface area (TPSA) is 55.6 Å². The maximum absolute atomic E-state index is 15.4. The summed E-state index contributed by atoms with van der Waals surface area (Å²) in [5.41, 5.74) is 4.10. The van der Waals surface area contributed by atoms with Crippen LogP contribution in [0.2, 0.25) is 0 Å². The highest BCUT2D eigenvalue weighted by Crippen LogP contribution is 2.47. The number of hydrogen-bond acceptors (Lipinski definition) is 3. The minimum absolute atomic E-state index is 0.131. The Balaban J connectivity index is 2.14. The van der Waals surface area contributed by atoms with E-state index in [4.69, 9.17) is 10.5 Å². The molecule has 0 spiro atoms. The number of fused-ring (bicyclic) bond motifs is 1. The number of ether oxygens (including phenoxy) is 1. The number of piperidine rings is 1. The summed E-state index contributed by atoms with van der Waals surface area (Å²) in [5.74, 6) is 0.131. The second kappa shape index (κ2) is 6.99. The monoisotopic (exact) mass is 336 g/mol. The van der Waals surface area contributed by atoms with Gasteiger partial charge in [-0.25, -0.2) is 9.18 Å². The second-order valence-corrected chi connectivity index (χ2v) is 7.76. The average Bonchev–Trinajstić information content (AvgIpc) is 2.83. The van der Waals surface area contributed by atoms with Crippen molar-refractivity contribution < 1.29 is 13.9 Å². The van der Waals surface area contributed by atoms with Crippen molar-refractivity contribution in [1.82, 2.24) is 4.90 Å². The van der Waals surface area contributed by atoms with Crippen LogP contribution in [-0.4, -0.2) is 34.8 Å². The maximum atomic E-state index is 15.4. The molecular weight excluding hydrogens is 307 g/mol. The van der Waals surface area contributed by atoms with Crippen molar-refractivity contribution in [3.8, 4) is 0 Å². The summed E-state index contributed by atoms with van der Waals surface area (Å²) in [4.78, 5) is 14.2. The van der Waals surface area contributed by atoms with Crippen LogP contribution in [0, 0.1) is 5.92 Å². The van der Waals surface area contributed by atoms with E-state index in [1.165, 1.54) is 0 Å². The predicted molar refractivity (Wildman–Crippen MR) is 94.1 cm³/mol. The fourth-order valence-electron chi connectivity index (χ4n) is 3.65. The van der Waals surface area contributed by atoms with Crippen molar-refractivity contribution in [2.45, 2.75) is 63.8 Å². The SMILES string of the molecule is C=C/C=C\C=C(/N)C1(F)CC2CCCN(C(=O)OC(C)(C)C)C2C1. The van der Waals surface area contributed by atoms with Crippen LogP contribution in [0.1, 0.15) is 46.5 Å². The molecule has 2 N–H and O–H groups in total. The number of halogens is 1. The molecule has 1 aliphatic heterocycles. The molecule has 1 amide bonds. The molecule has 0 aromatic carbocycles. The highest BCUT2D eigenvalue weighted by Gasteiger charge is 2.52. The third-order valence-corrected chi connectivity index (χ3v) is 4.71. The number of nitrogens with two attached hydrogens (primary N) is 1. The van der Waals surface area contributed by atoms with Crippen LogP contribution < -0.4 is 5.73 Å². The van der Waals surface area contributed by atoms with Gasteiger partial charge in [0.25, 0.3) is 0 Å². The number of rotatable bonds is 3. The van der Waals surface area contributed by atoms with E-state index in [1.54, 1.807) is 29.2 Å². The maximum Gasteiger partial charge on any atom is 0.410 e. The van der Waals surface area contributed by atoms with Crippen molar-refractivity contribution >= 4 is 6.09 Å². The Bertz CT molecular complexity index is 550. The van der Waals surface area contributed by atoms with Gasteiger partial charge in [0.15, 0.2) is 5.67 Å². The van der Waals surface area contributed by atoms with Gasteiger partial charge in [0.2, 0.25) is 0 Å². The summed E-state index contributed by atoms with van der Waals surface area (Å²) >= 11 is 0. The normalized spacial score (nSPS) is 31.2. The van der Waals surface area contributed by atoms with Crippen molar-refractivity contribution in [1.29, 1.82) is 0 Å². The minimum Gasteiger partial charge on any atom is -0.444 e. The number of allylic oxidation sites excluding steroid dienone is 5. The van der Waals surface area contributed by atoms with E-state index in [2.05, 4.69) is 6.58 Å². The van der Waals surface area contributed by atoms with Gasteiger partial charge in [0, 0.05) is 24.7 Å². The molecule has 3 atom stereocenters. The summed E-state index contributed by atoms with van der Waals surface area (Å²) in [6.07, 6.45) is 8.66. The standard InChI is InChI=1S/C19H29FN2O2/c1-5-6-7-10-16(21)19(20)12-14-9-8-11-22(15(14)13-19)17(23)24-18(2,3)4/h5-7,10,14-15H,1,8-9,11-13,21H2,2-4H3/b7-6-,16-10-. The van der Waals surface area contributed by atoms with E-state index in [9.17, 15) is 4.79 Å². The van der Waals surface area contributed by atoms with E-state index in [-0.39, 0.29) is 30.2 Å². The molecule has 1 heterocycles. The molecule has 5 heteroatoms. The number of carbonyl (C=O) groups excluding carboxylic acids is 1. The summed E-state index contributed by atoms with van der Waals surface area (Å²) in [7, 11) is 0. The third kappa shape index (κ3) is 4.19. The molecule has 134 valence electrons. The average molecular weight is 336 g/mol. The molecule has 0 aromatic rings. The van der Waals surface area contributed by atoms with Gasteiger partial charge in [-0.3, -0.25) is 0 Å². The lowest BCUT2D eigenvalue weighted by atomic mass is 9.92. The molecule has 1 saturated heterocycles. The van der Waals surface area contributed by atoms with Crippen molar-refractivity contribution in [3.63, 3.8) is 0 Å². The van der Waals surface area contributed by atoms with Crippen LogP contribution in [0.15, 0.2) is 36.6 Å². The number of hydrogen-bond donors (Lipinski definition) is 1. The van der Waals surface area contributed by atoms with Crippen LogP contribution in [0.25, 0.3) is 0 Å². The highest BCUT2D eigenvalue weighted by molar-refractivity contribution is 5.69. The first kappa shape index (κ1) is 18.6. The van der Waals surface area contributed by atoms with Crippen molar-refractivity contribution in [2.24, 2.45) is 11.7 Å². The molecule has 2 aliphatic rings. The van der Waals surface area contributed by atoms with E-state index in [1.807, 2.05) is 20.8 Å². The minimum atomic E-state index is -1.56. The molecule has 24 heavy (non-hydrogen) atoms. The predicted octanol–water partition coefficient (Wildman–Crippen LogP) is 4.09. The van der Waals surface area contributed by atoms with Crippen LogP contribution in [-0.2, 0) is 4.74 Å². The van der Waals surface area contributed by atoms with Crippen molar-refractivity contribution in [3.05, 3.63) is 36.6 Å². The van der Waals surface area contributed by atoms with E-state index < -0.39 is 11.3 Å². The van der Waals surface area contributed by atoms with Gasteiger partial charge in [-0.1, -0.05) is 24.8 Å². The zero-order chi connectivity index (χ0) is 18.0. The lowest BCUT2D eigenvalue weighted by Crippen LogP contribution is -2.48. The summed E-state index contributed by atoms with van der Waals surface area (Å²) in [6, 6.07) is -0.145. The molecule has 0 aromatic heterocycles. The van der Waals surface area contributed by atoms with Gasteiger partial charge in [0.1, 0.15) is 5.60 Å². The quantitative estimate of drug-likeness (QED) is 0.790. The fourth-order valence-corrected chi connectivity index (χ4v) is 3.65. The summed E-state index contributed by atoms with van der Waals surface area (Å²) in [5, 5.41) is 0. The number of likely N-dealkylation sites (tertiary alicyclic amines) is 1. The van der Waals surface area contributed by atoms with Gasteiger partial charge in [-0.05, 0) is 52.0 Å². The van der Waals surface area contributed by atoms with E-state index >= 15 is 4.39 Å². The van der Waals surface area contributed by atoms with E-state index in [0.29, 0.717) is 13.0 Å². The Hall–Kier alpha value is -1.78. The molecule has 0 bridgehead atoms. The molecule has 1 saturated carbocycles. The summed E-state index contributed by atoms with van der Waals surface area (Å²) in [6.45, 7) is 9.72. The van der Waals surface area contributed by atoms with Crippen LogP contribution >= 0.6 is 0 Å². The zero-order valence-electron chi connectivity index (χ0n) is 14.9. The van der Waals surface area contributed by atoms with Gasteiger partial charge in [0.05, 0.1) is 0 Å². The Morgan fingerprint density at radius 3 is 2.71 bits per heavy atom.